The molecule has 0 aliphatic carbocycles. The number of carbonyl (C=O) groups excluding carboxylic acids is 4. The topological polar surface area (TPSA) is 138 Å². The fourth-order valence-corrected chi connectivity index (χ4v) is 4.01. The second kappa shape index (κ2) is 14.0. The molecular formula is C28H39N5O6. The number of fused-ring (bicyclic) bond motifs is 1. The third-order valence-corrected chi connectivity index (χ3v) is 6.07. The first-order valence-electron chi connectivity index (χ1n) is 13.1. The molecule has 4 amide bonds. The van der Waals surface area contributed by atoms with Crippen molar-refractivity contribution < 1.29 is 28.8 Å². The number of nitrogens with one attached hydrogen (secondary N) is 4. The normalized spacial score (nSPS) is 15.7. The van der Waals surface area contributed by atoms with Crippen LogP contribution in [0.1, 0.15) is 39.7 Å². The van der Waals surface area contributed by atoms with E-state index in [9.17, 15) is 19.2 Å². The van der Waals surface area contributed by atoms with Crippen molar-refractivity contribution in [1.29, 1.82) is 0 Å². The molecule has 11 nitrogen and oxygen atoms in total. The Kier molecular flexibility index (Phi) is 10.8. The Labute approximate surface area is 228 Å². The maximum atomic E-state index is 13.1. The molecule has 1 aliphatic rings. The molecule has 1 fully saturated rings. The van der Waals surface area contributed by atoms with Crippen LogP contribution in [0.15, 0.2) is 42.5 Å². The average Bonchev–Trinajstić information content (AvgIpc) is 2.90. The van der Waals surface area contributed by atoms with Crippen molar-refractivity contribution in [2.24, 2.45) is 0 Å². The van der Waals surface area contributed by atoms with Crippen molar-refractivity contribution >= 4 is 34.4 Å². The number of rotatable bonds is 11. The number of nitrogens with zero attached hydrogens (tertiary/aromatic N) is 1. The van der Waals surface area contributed by atoms with E-state index in [-0.39, 0.29) is 19.5 Å². The second-order valence-corrected chi connectivity index (χ2v) is 10.5. The molecule has 0 radical (unpaired) electrons. The molecule has 3 rings (SSSR count). The van der Waals surface area contributed by atoms with Crippen LogP contribution in [-0.2, 0) is 35.3 Å². The third-order valence-electron chi connectivity index (χ3n) is 6.07. The van der Waals surface area contributed by atoms with E-state index in [1.54, 1.807) is 27.7 Å². The minimum Gasteiger partial charge on any atom is -0.379 e. The quantitative estimate of drug-likeness (QED) is 0.312. The van der Waals surface area contributed by atoms with Crippen LogP contribution in [-0.4, -0.2) is 79.1 Å². The lowest BCUT2D eigenvalue weighted by atomic mass is 10.0. The summed E-state index contributed by atoms with van der Waals surface area (Å²) in [6.07, 6.45) is -0.360. The van der Waals surface area contributed by atoms with Gasteiger partial charge in [-0.25, -0.2) is 5.48 Å². The number of amides is 4. The minimum atomic E-state index is -1.20. The van der Waals surface area contributed by atoms with E-state index in [0.29, 0.717) is 26.3 Å². The van der Waals surface area contributed by atoms with Gasteiger partial charge in [-0.1, -0.05) is 42.5 Å². The number of hydrogen-bond donors (Lipinski definition) is 4. The van der Waals surface area contributed by atoms with Crippen LogP contribution in [0, 0.1) is 0 Å². The van der Waals surface area contributed by atoms with Gasteiger partial charge in [0.2, 0.25) is 23.6 Å². The van der Waals surface area contributed by atoms with Gasteiger partial charge in [-0.05, 0) is 44.0 Å². The summed E-state index contributed by atoms with van der Waals surface area (Å²) in [5.41, 5.74) is 2.63. The average molecular weight is 542 g/mol. The summed E-state index contributed by atoms with van der Waals surface area (Å²) >= 11 is 0. The number of carbonyl (C=O) groups is 4. The third kappa shape index (κ3) is 9.93. The Morgan fingerprint density at radius 3 is 2.36 bits per heavy atom. The number of ether oxygens (including phenoxy) is 1. The van der Waals surface area contributed by atoms with Crippen LogP contribution in [0.5, 0.6) is 0 Å². The fraction of sp³-hybridized carbons (Fsp3) is 0.500. The van der Waals surface area contributed by atoms with E-state index in [0.717, 1.165) is 16.3 Å². The van der Waals surface area contributed by atoms with Crippen LogP contribution in [0.25, 0.3) is 10.8 Å². The van der Waals surface area contributed by atoms with Crippen LogP contribution < -0.4 is 21.4 Å². The minimum absolute atomic E-state index is 0.0638. The zero-order valence-electron chi connectivity index (χ0n) is 23.0. The summed E-state index contributed by atoms with van der Waals surface area (Å²) in [5, 5.41) is 10.2. The van der Waals surface area contributed by atoms with E-state index in [1.807, 2.05) is 47.4 Å². The molecule has 4 N–H and O–H groups in total. The van der Waals surface area contributed by atoms with E-state index >= 15 is 0 Å². The highest BCUT2D eigenvalue weighted by Crippen LogP contribution is 2.18. The van der Waals surface area contributed by atoms with Gasteiger partial charge in [0.15, 0.2) is 0 Å². The highest BCUT2D eigenvalue weighted by molar-refractivity contribution is 5.95. The van der Waals surface area contributed by atoms with Gasteiger partial charge in [0.25, 0.3) is 0 Å². The molecule has 11 heteroatoms. The molecule has 1 heterocycles. The maximum absolute atomic E-state index is 13.1. The van der Waals surface area contributed by atoms with Gasteiger partial charge in [0.05, 0.1) is 31.8 Å². The molecule has 0 bridgehead atoms. The van der Waals surface area contributed by atoms with Gasteiger partial charge in [-0.3, -0.25) is 28.9 Å². The van der Waals surface area contributed by atoms with E-state index < -0.39 is 41.3 Å². The summed E-state index contributed by atoms with van der Waals surface area (Å²) in [4.78, 5) is 58.3. The summed E-state index contributed by atoms with van der Waals surface area (Å²) in [6.45, 7) is 9.42. The van der Waals surface area contributed by atoms with E-state index in [1.165, 1.54) is 0 Å². The summed E-state index contributed by atoms with van der Waals surface area (Å²) < 4.78 is 5.30. The van der Waals surface area contributed by atoms with Gasteiger partial charge in [-0.15, -0.1) is 0 Å². The Bertz CT molecular complexity index is 1150. The van der Waals surface area contributed by atoms with Crippen molar-refractivity contribution in [3.05, 3.63) is 48.0 Å². The van der Waals surface area contributed by atoms with E-state index in [4.69, 9.17) is 9.57 Å². The fourth-order valence-electron chi connectivity index (χ4n) is 4.01. The zero-order valence-corrected chi connectivity index (χ0v) is 23.0. The first-order valence-corrected chi connectivity index (χ1v) is 13.1. The first kappa shape index (κ1) is 30.0. The highest BCUT2D eigenvalue weighted by atomic mass is 16.7. The molecule has 212 valence electrons. The molecule has 1 aliphatic heterocycles. The van der Waals surface area contributed by atoms with Crippen molar-refractivity contribution in [3.63, 3.8) is 0 Å². The van der Waals surface area contributed by atoms with Crippen molar-refractivity contribution in [2.45, 2.75) is 58.3 Å². The molecule has 1 saturated heterocycles. The molecule has 0 aromatic heterocycles. The van der Waals surface area contributed by atoms with Gasteiger partial charge >= 0.3 is 0 Å². The Balaban J connectivity index is 1.59. The smallest absolute Gasteiger partial charge is 0.246 e. The van der Waals surface area contributed by atoms with Crippen molar-refractivity contribution in [2.75, 3.05) is 32.8 Å². The number of benzene rings is 2. The lowest BCUT2D eigenvalue weighted by molar-refractivity contribution is -0.147. The summed E-state index contributed by atoms with van der Waals surface area (Å²) in [7, 11) is 0. The predicted octanol–water partition coefficient (Wildman–Crippen LogP) is 1.01. The zero-order chi connectivity index (χ0) is 28.4. The van der Waals surface area contributed by atoms with Crippen LogP contribution in [0.4, 0.5) is 0 Å². The lowest BCUT2D eigenvalue weighted by Crippen LogP contribution is -2.55. The maximum Gasteiger partial charge on any atom is 0.246 e. The second-order valence-electron chi connectivity index (χ2n) is 10.5. The largest absolute Gasteiger partial charge is 0.379 e. The first-order chi connectivity index (χ1) is 18.5. The molecule has 0 spiro atoms. The Hall–Kier alpha value is -3.54. The molecule has 0 unspecified atom stereocenters. The van der Waals surface area contributed by atoms with Gasteiger partial charge < -0.3 is 20.7 Å². The summed E-state index contributed by atoms with van der Waals surface area (Å²) in [6, 6.07) is 11.6. The van der Waals surface area contributed by atoms with Gasteiger partial charge in [0, 0.05) is 19.6 Å². The highest BCUT2D eigenvalue weighted by Gasteiger charge is 2.28. The predicted molar refractivity (Wildman–Crippen MR) is 146 cm³/mol. The number of hydrogen-bond acceptors (Lipinski definition) is 7. The lowest BCUT2D eigenvalue weighted by Gasteiger charge is -2.27. The van der Waals surface area contributed by atoms with Gasteiger partial charge in [-0.2, -0.15) is 0 Å². The monoisotopic (exact) mass is 541 g/mol. The van der Waals surface area contributed by atoms with Gasteiger partial charge in [0.1, 0.15) is 12.1 Å². The van der Waals surface area contributed by atoms with E-state index in [2.05, 4.69) is 21.4 Å². The molecular weight excluding hydrogens is 502 g/mol. The van der Waals surface area contributed by atoms with Crippen LogP contribution in [0.3, 0.4) is 0 Å². The molecule has 2 aromatic carbocycles. The van der Waals surface area contributed by atoms with Crippen LogP contribution >= 0.6 is 0 Å². The Morgan fingerprint density at radius 2 is 1.64 bits per heavy atom. The molecule has 39 heavy (non-hydrogen) atoms. The summed E-state index contributed by atoms with van der Waals surface area (Å²) in [5.74, 6) is -2.03. The van der Waals surface area contributed by atoms with Crippen LogP contribution in [0.2, 0.25) is 0 Å². The molecule has 2 atom stereocenters. The standard InChI is InChI=1S/C28H39N5O6/c1-19(26(36)29-17-21-10-7-9-20-8-5-6-11-22(20)21)30-27(37)23(16-24(34)32-39-28(2,3)4)31-25(35)18-33-12-14-38-15-13-33/h5-11,19,23H,12-18H2,1-4H3,(H,29,36)(H,30,37)(H,31,35)(H,32,34)/t19-,23-/m0/s1. The Morgan fingerprint density at radius 1 is 0.949 bits per heavy atom. The number of morpholine rings is 1. The number of hydroxylamine groups is 1. The van der Waals surface area contributed by atoms with Crippen molar-refractivity contribution in [3.8, 4) is 0 Å². The van der Waals surface area contributed by atoms with Crippen molar-refractivity contribution in [1.82, 2.24) is 26.3 Å². The molecule has 0 saturated carbocycles. The molecule has 2 aromatic rings. The SMILES string of the molecule is C[C@H](NC(=O)[C@H](CC(=O)NOC(C)(C)C)NC(=O)CN1CCOCC1)C(=O)NCc1cccc2ccccc12.